The first-order chi connectivity index (χ1) is 13.0. The molecule has 1 amide bonds. The molecule has 8 heteroatoms. The second-order valence-electron chi connectivity index (χ2n) is 6.88. The van der Waals surface area contributed by atoms with Crippen molar-refractivity contribution in [2.75, 3.05) is 33.4 Å². The zero-order chi connectivity index (χ0) is 19.2. The van der Waals surface area contributed by atoms with Gasteiger partial charge < -0.3 is 24.6 Å². The number of nitrogens with zero attached hydrogens (tertiary/aromatic N) is 3. The van der Waals surface area contributed by atoms with Crippen molar-refractivity contribution >= 4 is 6.09 Å². The number of primary amides is 1. The molecule has 146 valence electrons. The Bertz CT molecular complexity index is 769. The SMILES string of the molecule is COCCN1CCC(Cc2ccc(OC(N)=O)c(-c3nc(C)no3)c2)CC1. The van der Waals surface area contributed by atoms with E-state index < -0.39 is 6.09 Å². The van der Waals surface area contributed by atoms with Crippen molar-refractivity contribution in [3.8, 4) is 17.2 Å². The van der Waals surface area contributed by atoms with E-state index in [9.17, 15) is 4.79 Å². The molecule has 0 radical (unpaired) electrons. The standard InChI is InChI=1S/C19H26N4O4/c1-13-21-18(27-22-13)16-12-15(3-4-17(16)26-19(20)24)11-14-5-7-23(8-6-14)9-10-25-2/h3-4,12,14H,5-11H2,1-2H3,(H2,20,24). The molecule has 1 aromatic carbocycles. The summed E-state index contributed by atoms with van der Waals surface area (Å²) < 4.78 is 15.5. The van der Waals surface area contributed by atoms with E-state index in [1.54, 1.807) is 20.1 Å². The summed E-state index contributed by atoms with van der Waals surface area (Å²) in [4.78, 5) is 17.9. The summed E-state index contributed by atoms with van der Waals surface area (Å²) in [6.07, 6.45) is 2.38. The van der Waals surface area contributed by atoms with Crippen LogP contribution in [0.4, 0.5) is 4.79 Å². The third-order valence-corrected chi connectivity index (χ3v) is 4.86. The Balaban J connectivity index is 1.70. The smallest absolute Gasteiger partial charge is 0.409 e. The molecule has 0 unspecified atom stereocenters. The fraction of sp³-hybridized carbons (Fsp3) is 0.526. The lowest BCUT2D eigenvalue weighted by Gasteiger charge is -2.31. The van der Waals surface area contributed by atoms with Crippen molar-refractivity contribution in [2.24, 2.45) is 11.7 Å². The summed E-state index contributed by atoms with van der Waals surface area (Å²) in [5.41, 5.74) is 6.90. The third kappa shape index (κ3) is 5.27. The van der Waals surface area contributed by atoms with E-state index in [0.717, 1.165) is 51.1 Å². The highest BCUT2D eigenvalue weighted by Crippen LogP contribution is 2.32. The zero-order valence-electron chi connectivity index (χ0n) is 15.8. The molecule has 0 aliphatic carbocycles. The van der Waals surface area contributed by atoms with Gasteiger partial charge in [0.1, 0.15) is 5.75 Å². The number of aromatic nitrogens is 2. The second kappa shape index (κ2) is 8.96. The summed E-state index contributed by atoms with van der Waals surface area (Å²) in [5.74, 6) is 1.78. The van der Waals surface area contributed by atoms with Crippen molar-refractivity contribution in [3.05, 3.63) is 29.6 Å². The molecular weight excluding hydrogens is 348 g/mol. The van der Waals surface area contributed by atoms with Crippen LogP contribution in [0, 0.1) is 12.8 Å². The number of rotatable bonds is 7. The minimum absolute atomic E-state index is 0.319. The number of nitrogens with two attached hydrogens (primary N) is 1. The summed E-state index contributed by atoms with van der Waals surface area (Å²) >= 11 is 0. The molecule has 1 saturated heterocycles. The highest BCUT2D eigenvalue weighted by molar-refractivity contribution is 5.73. The minimum atomic E-state index is -0.872. The molecule has 0 atom stereocenters. The lowest BCUT2D eigenvalue weighted by atomic mass is 9.89. The molecule has 0 bridgehead atoms. The first-order valence-electron chi connectivity index (χ1n) is 9.17. The molecule has 27 heavy (non-hydrogen) atoms. The van der Waals surface area contributed by atoms with Gasteiger partial charge in [0.05, 0.1) is 12.2 Å². The number of likely N-dealkylation sites (tertiary alicyclic amines) is 1. The number of hydrogen-bond acceptors (Lipinski definition) is 7. The molecule has 2 N–H and O–H groups in total. The first kappa shape index (κ1) is 19.3. The number of methoxy groups -OCH3 is 1. The predicted octanol–water partition coefficient (Wildman–Crippen LogP) is 2.40. The Morgan fingerprint density at radius 2 is 2.15 bits per heavy atom. The Labute approximate surface area is 158 Å². The van der Waals surface area contributed by atoms with Gasteiger partial charge in [-0.2, -0.15) is 4.98 Å². The van der Waals surface area contributed by atoms with Crippen LogP contribution in [0.2, 0.25) is 0 Å². The quantitative estimate of drug-likeness (QED) is 0.793. The molecule has 3 rings (SSSR count). The van der Waals surface area contributed by atoms with E-state index in [4.69, 9.17) is 19.7 Å². The van der Waals surface area contributed by atoms with Crippen molar-refractivity contribution in [3.63, 3.8) is 0 Å². The predicted molar refractivity (Wildman–Crippen MR) is 99.4 cm³/mol. The van der Waals surface area contributed by atoms with E-state index >= 15 is 0 Å². The van der Waals surface area contributed by atoms with Crippen LogP contribution >= 0.6 is 0 Å². The van der Waals surface area contributed by atoms with Gasteiger partial charge in [0.2, 0.25) is 0 Å². The average molecular weight is 374 g/mol. The summed E-state index contributed by atoms with van der Waals surface area (Å²) in [6.45, 7) is 5.68. The van der Waals surface area contributed by atoms with Gasteiger partial charge in [-0.1, -0.05) is 11.2 Å². The molecule has 8 nitrogen and oxygen atoms in total. The third-order valence-electron chi connectivity index (χ3n) is 4.86. The van der Waals surface area contributed by atoms with Crippen LogP contribution in [-0.4, -0.2) is 54.5 Å². The van der Waals surface area contributed by atoms with Gasteiger partial charge in [0, 0.05) is 13.7 Å². The minimum Gasteiger partial charge on any atom is -0.410 e. The largest absolute Gasteiger partial charge is 0.410 e. The molecule has 1 aromatic heterocycles. The summed E-state index contributed by atoms with van der Waals surface area (Å²) in [6, 6.07) is 5.65. The van der Waals surface area contributed by atoms with Crippen LogP contribution < -0.4 is 10.5 Å². The fourth-order valence-electron chi connectivity index (χ4n) is 3.44. The number of carbonyl (C=O) groups is 1. The Hall–Kier alpha value is -2.45. The number of ether oxygens (including phenoxy) is 2. The molecule has 1 aliphatic heterocycles. The molecule has 1 aliphatic rings. The van der Waals surface area contributed by atoms with Crippen LogP contribution in [-0.2, 0) is 11.2 Å². The number of aryl methyl sites for hydroxylation is 1. The Kier molecular flexibility index (Phi) is 6.41. The second-order valence-corrected chi connectivity index (χ2v) is 6.88. The van der Waals surface area contributed by atoms with E-state index in [2.05, 4.69) is 15.0 Å². The van der Waals surface area contributed by atoms with Gasteiger partial charge in [-0.25, -0.2) is 4.79 Å². The monoisotopic (exact) mass is 374 g/mol. The van der Waals surface area contributed by atoms with Gasteiger partial charge >= 0.3 is 6.09 Å². The zero-order valence-corrected chi connectivity index (χ0v) is 15.8. The van der Waals surface area contributed by atoms with Gasteiger partial charge in [0.15, 0.2) is 5.82 Å². The van der Waals surface area contributed by atoms with Crippen molar-refractivity contribution in [1.29, 1.82) is 0 Å². The van der Waals surface area contributed by atoms with Crippen LogP contribution in [0.25, 0.3) is 11.5 Å². The van der Waals surface area contributed by atoms with E-state index in [0.29, 0.717) is 28.9 Å². The number of amides is 1. The van der Waals surface area contributed by atoms with Crippen LogP contribution in [0.1, 0.15) is 24.2 Å². The van der Waals surface area contributed by atoms with Crippen molar-refractivity contribution < 1.29 is 18.8 Å². The van der Waals surface area contributed by atoms with Gasteiger partial charge in [-0.15, -0.1) is 0 Å². The lowest BCUT2D eigenvalue weighted by Crippen LogP contribution is -2.36. The Morgan fingerprint density at radius 1 is 1.37 bits per heavy atom. The first-order valence-corrected chi connectivity index (χ1v) is 9.17. The summed E-state index contributed by atoms with van der Waals surface area (Å²) in [7, 11) is 1.74. The van der Waals surface area contributed by atoms with Gasteiger partial charge in [-0.3, -0.25) is 0 Å². The maximum absolute atomic E-state index is 11.2. The number of carbonyl (C=O) groups excluding carboxylic acids is 1. The van der Waals surface area contributed by atoms with Crippen molar-refractivity contribution in [2.45, 2.75) is 26.2 Å². The Morgan fingerprint density at radius 3 is 2.78 bits per heavy atom. The van der Waals surface area contributed by atoms with Crippen LogP contribution in [0.15, 0.2) is 22.7 Å². The maximum Gasteiger partial charge on any atom is 0.409 e. The number of piperidine rings is 1. The van der Waals surface area contributed by atoms with Gasteiger partial charge in [0.25, 0.3) is 5.89 Å². The highest BCUT2D eigenvalue weighted by atomic mass is 16.5. The average Bonchev–Trinajstić information content (AvgIpc) is 3.08. The molecule has 0 saturated carbocycles. The van der Waals surface area contributed by atoms with Crippen LogP contribution in [0.3, 0.4) is 0 Å². The van der Waals surface area contributed by atoms with Crippen LogP contribution in [0.5, 0.6) is 5.75 Å². The summed E-state index contributed by atoms with van der Waals surface area (Å²) in [5, 5.41) is 3.82. The molecule has 2 aromatic rings. The molecule has 1 fully saturated rings. The maximum atomic E-state index is 11.2. The van der Waals surface area contributed by atoms with E-state index in [1.807, 2.05) is 12.1 Å². The lowest BCUT2D eigenvalue weighted by molar-refractivity contribution is 0.120. The van der Waals surface area contributed by atoms with E-state index in [-0.39, 0.29) is 0 Å². The highest BCUT2D eigenvalue weighted by Gasteiger charge is 2.21. The topological polar surface area (TPSA) is 104 Å². The normalized spacial score (nSPS) is 15.8. The number of benzene rings is 1. The van der Waals surface area contributed by atoms with Crippen molar-refractivity contribution in [1.82, 2.24) is 15.0 Å². The molecule has 0 spiro atoms. The van der Waals surface area contributed by atoms with E-state index in [1.165, 1.54) is 0 Å². The number of hydrogen-bond donors (Lipinski definition) is 1. The van der Waals surface area contributed by atoms with Gasteiger partial charge in [-0.05, 0) is 62.9 Å². The molecule has 2 heterocycles. The molecular formula is C19H26N4O4. The fourth-order valence-corrected chi connectivity index (χ4v) is 3.44.